The molecular formula is C21H32N4O7S2. The number of carbonyl (C=O) groups is 4. The first-order valence-electron chi connectivity index (χ1n) is 10.4. The van der Waals surface area contributed by atoms with Crippen LogP contribution in [0.25, 0.3) is 0 Å². The first-order chi connectivity index (χ1) is 16.0. The van der Waals surface area contributed by atoms with E-state index in [-0.39, 0.29) is 24.3 Å². The van der Waals surface area contributed by atoms with Gasteiger partial charge in [-0.05, 0) is 43.0 Å². The number of carboxylic acid groups (broad SMARTS) is 1. The number of phenols is 1. The lowest BCUT2D eigenvalue weighted by Crippen LogP contribution is -2.59. The number of benzene rings is 1. The molecular weight excluding hydrogens is 484 g/mol. The third-order valence-corrected chi connectivity index (χ3v) is 5.88. The molecule has 0 spiro atoms. The van der Waals surface area contributed by atoms with Crippen LogP contribution in [-0.4, -0.2) is 87.0 Å². The number of thioether (sulfide) groups is 1. The van der Waals surface area contributed by atoms with Gasteiger partial charge in [0.15, 0.2) is 0 Å². The summed E-state index contributed by atoms with van der Waals surface area (Å²) in [5, 5.41) is 35.7. The van der Waals surface area contributed by atoms with E-state index in [0.29, 0.717) is 11.3 Å². The minimum Gasteiger partial charge on any atom is -0.508 e. The molecule has 0 saturated heterocycles. The van der Waals surface area contributed by atoms with Crippen molar-refractivity contribution in [3.05, 3.63) is 29.8 Å². The third-order valence-electron chi connectivity index (χ3n) is 4.87. The second kappa shape index (κ2) is 14.7. The number of amides is 3. The van der Waals surface area contributed by atoms with E-state index < -0.39 is 54.0 Å². The highest BCUT2D eigenvalue weighted by Gasteiger charge is 2.30. The Morgan fingerprint density at radius 2 is 1.53 bits per heavy atom. The largest absolute Gasteiger partial charge is 0.508 e. The molecule has 0 radical (unpaired) electrons. The summed E-state index contributed by atoms with van der Waals surface area (Å²) < 4.78 is 0. The molecule has 0 aliphatic carbocycles. The Balaban J connectivity index is 3.05. The highest BCUT2D eigenvalue weighted by molar-refractivity contribution is 7.98. The molecule has 5 unspecified atom stereocenters. The predicted octanol–water partition coefficient (Wildman–Crippen LogP) is -1.14. The number of aromatic hydroxyl groups is 1. The van der Waals surface area contributed by atoms with Crippen LogP contribution in [0.3, 0.4) is 0 Å². The molecule has 5 atom stereocenters. The number of rotatable bonds is 14. The van der Waals surface area contributed by atoms with Crippen LogP contribution in [0.1, 0.15) is 18.9 Å². The van der Waals surface area contributed by atoms with Crippen molar-refractivity contribution in [2.24, 2.45) is 5.73 Å². The molecule has 0 fully saturated rings. The van der Waals surface area contributed by atoms with Gasteiger partial charge in [-0.1, -0.05) is 12.1 Å². The zero-order valence-corrected chi connectivity index (χ0v) is 20.6. The summed E-state index contributed by atoms with van der Waals surface area (Å²) in [6.07, 6.45) is 0.844. The van der Waals surface area contributed by atoms with Crippen LogP contribution in [0.4, 0.5) is 0 Å². The molecule has 0 heterocycles. The van der Waals surface area contributed by atoms with Gasteiger partial charge in [0.1, 0.15) is 29.9 Å². The van der Waals surface area contributed by atoms with E-state index in [0.717, 1.165) is 0 Å². The zero-order chi connectivity index (χ0) is 25.8. The van der Waals surface area contributed by atoms with Crippen LogP contribution in [-0.2, 0) is 25.6 Å². The molecule has 190 valence electrons. The molecule has 3 amide bonds. The van der Waals surface area contributed by atoms with Crippen molar-refractivity contribution in [3.8, 4) is 5.75 Å². The summed E-state index contributed by atoms with van der Waals surface area (Å²) in [4.78, 5) is 49.5. The van der Waals surface area contributed by atoms with Gasteiger partial charge in [-0.25, -0.2) is 4.79 Å². The van der Waals surface area contributed by atoms with E-state index >= 15 is 0 Å². The normalized spacial score (nSPS) is 15.3. The van der Waals surface area contributed by atoms with Crippen LogP contribution in [0.5, 0.6) is 5.75 Å². The van der Waals surface area contributed by atoms with E-state index in [1.165, 1.54) is 30.8 Å². The maximum absolute atomic E-state index is 13.0. The molecule has 0 saturated carbocycles. The number of carboxylic acids is 1. The molecule has 1 aromatic rings. The maximum Gasteiger partial charge on any atom is 0.326 e. The lowest BCUT2D eigenvalue weighted by atomic mass is 10.0. The van der Waals surface area contributed by atoms with E-state index in [1.807, 2.05) is 6.26 Å². The fourth-order valence-corrected chi connectivity index (χ4v) is 3.52. The predicted molar refractivity (Wildman–Crippen MR) is 132 cm³/mol. The van der Waals surface area contributed by atoms with Crippen molar-refractivity contribution in [2.45, 2.75) is 50.0 Å². The average molecular weight is 517 g/mol. The lowest BCUT2D eigenvalue weighted by molar-refractivity contribution is -0.142. The first-order valence-corrected chi connectivity index (χ1v) is 12.5. The first kappa shape index (κ1) is 29.6. The molecule has 13 heteroatoms. The minimum absolute atomic E-state index is 0.00680. The summed E-state index contributed by atoms with van der Waals surface area (Å²) in [7, 11) is 0. The summed E-state index contributed by atoms with van der Waals surface area (Å²) in [5.74, 6) is -3.04. The quantitative estimate of drug-likeness (QED) is 0.141. The van der Waals surface area contributed by atoms with Crippen LogP contribution in [0.2, 0.25) is 0 Å². The van der Waals surface area contributed by atoms with Crippen molar-refractivity contribution in [1.82, 2.24) is 16.0 Å². The van der Waals surface area contributed by atoms with Crippen molar-refractivity contribution < 1.29 is 34.5 Å². The van der Waals surface area contributed by atoms with Gasteiger partial charge in [0, 0.05) is 12.2 Å². The van der Waals surface area contributed by atoms with E-state index in [9.17, 15) is 34.5 Å². The summed E-state index contributed by atoms with van der Waals surface area (Å²) in [6.45, 7) is 1.33. The van der Waals surface area contributed by atoms with Crippen molar-refractivity contribution in [2.75, 3.05) is 17.8 Å². The molecule has 0 bridgehead atoms. The topological polar surface area (TPSA) is 191 Å². The summed E-state index contributed by atoms with van der Waals surface area (Å²) in [6, 6.07) is 1.19. The van der Waals surface area contributed by atoms with E-state index in [1.54, 1.807) is 12.1 Å². The molecule has 11 nitrogen and oxygen atoms in total. The van der Waals surface area contributed by atoms with Gasteiger partial charge in [-0.2, -0.15) is 24.4 Å². The Morgan fingerprint density at radius 1 is 1.00 bits per heavy atom. The van der Waals surface area contributed by atoms with E-state index in [2.05, 4.69) is 28.6 Å². The second-order valence-electron chi connectivity index (χ2n) is 7.62. The van der Waals surface area contributed by atoms with E-state index in [4.69, 9.17) is 5.73 Å². The highest BCUT2D eigenvalue weighted by Crippen LogP contribution is 2.12. The summed E-state index contributed by atoms with van der Waals surface area (Å²) in [5.41, 5.74) is 6.18. The third kappa shape index (κ3) is 9.79. The fraction of sp³-hybridized carbons (Fsp3) is 0.524. The van der Waals surface area contributed by atoms with Crippen LogP contribution in [0.15, 0.2) is 24.3 Å². The zero-order valence-electron chi connectivity index (χ0n) is 18.9. The SMILES string of the molecule is CSCCC(NC(=O)C(Cc1ccc(O)cc1)NC(=O)C(CS)NC(=O)C(N)C(C)O)C(=O)O. The lowest BCUT2D eigenvalue weighted by Gasteiger charge is -2.25. The minimum atomic E-state index is -1.26. The number of hydrogen-bond donors (Lipinski definition) is 8. The van der Waals surface area contributed by atoms with Gasteiger partial charge in [-0.3, -0.25) is 14.4 Å². The Labute approximate surface area is 207 Å². The Morgan fingerprint density at radius 3 is 2.03 bits per heavy atom. The smallest absolute Gasteiger partial charge is 0.326 e. The van der Waals surface area contributed by atoms with Crippen LogP contribution < -0.4 is 21.7 Å². The van der Waals surface area contributed by atoms with Crippen molar-refractivity contribution >= 4 is 48.1 Å². The maximum atomic E-state index is 13.0. The highest BCUT2D eigenvalue weighted by atomic mass is 32.2. The monoisotopic (exact) mass is 516 g/mol. The number of aliphatic hydroxyl groups excluding tert-OH is 1. The molecule has 0 aromatic heterocycles. The van der Waals surface area contributed by atoms with Crippen LogP contribution >= 0.6 is 24.4 Å². The Hall–Kier alpha value is -2.48. The van der Waals surface area contributed by atoms with Crippen LogP contribution in [0, 0.1) is 0 Å². The molecule has 8 N–H and O–H groups in total. The number of nitrogens with one attached hydrogen (secondary N) is 3. The average Bonchev–Trinajstić information content (AvgIpc) is 2.79. The van der Waals surface area contributed by atoms with Gasteiger partial charge in [0.05, 0.1) is 6.10 Å². The van der Waals surface area contributed by atoms with Gasteiger partial charge in [-0.15, -0.1) is 0 Å². The number of nitrogens with two attached hydrogens (primary N) is 1. The van der Waals surface area contributed by atoms with Crippen molar-refractivity contribution in [1.29, 1.82) is 0 Å². The molecule has 1 aromatic carbocycles. The number of thiol groups is 1. The summed E-state index contributed by atoms with van der Waals surface area (Å²) >= 11 is 5.50. The molecule has 0 aliphatic heterocycles. The number of hydrogen-bond acceptors (Lipinski definition) is 9. The number of phenolic OH excluding ortho intramolecular Hbond substituents is 1. The standard InChI is InChI=1S/C21H32N4O7S2/c1-11(26)17(22)20(30)25-16(10-33)19(29)24-15(9-12-3-5-13(27)6-4-12)18(28)23-14(21(31)32)7-8-34-2/h3-6,11,14-17,26-27,33H,7-10,22H2,1-2H3,(H,23,28)(H,24,29)(H,25,30)(H,31,32). The van der Waals surface area contributed by atoms with Gasteiger partial charge in [0.2, 0.25) is 17.7 Å². The van der Waals surface area contributed by atoms with Gasteiger partial charge in [0.25, 0.3) is 0 Å². The number of aliphatic hydroxyl groups is 1. The van der Waals surface area contributed by atoms with Gasteiger partial charge < -0.3 is 37.0 Å². The Kier molecular flexibility index (Phi) is 12.8. The fourth-order valence-electron chi connectivity index (χ4n) is 2.80. The Bertz CT molecular complexity index is 839. The molecule has 34 heavy (non-hydrogen) atoms. The second-order valence-corrected chi connectivity index (χ2v) is 8.97. The number of aliphatic carboxylic acids is 1. The van der Waals surface area contributed by atoms with Gasteiger partial charge >= 0.3 is 5.97 Å². The molecule has 0 aliphatic rings. The van der Waals surface area contributed by atoms with Crippen molar-refractivity contribution in [3.63, 3.8) is 0 Å². The molecule has 1 rings (SSSR count). The number of carbonyl (C=O) groups excluding carboxylic acids is 3.